The van der Waals surface area contributed by atoms with Crippen LogP contribution < -0.4 is 14.4 Å². The van der Waals surface area contributed by atoms with Crippen LogP contribution in [0, 0.1) is 5.92 Å². The lowest BCUT2D eigenvalue weighted by Gasteiger charge is -2.41. The molecule has 1 aromatic carbocycles. The highest BCUT2D eigenvalue weighted by atomic mass is 19.1. The van der Waals surface area contributed by atoms with Crippen LogP contribution in [0.15, 0.2) is 42.7 Å². The fourth-order valence-electron chi connectivity index (χ4n) is 4.40. The largest absolute Gasteiger partial charge is 0.494 e. The molecule has 4 rings (SSSR count). The minimum Gasteiger partial charge on any atom is -0.494 e. The maximum atomic E-state index is 13.2. The number of halogens is 1. The van der Waals surface area contributed by atoms with Gasteiger partial charge in [-0.2, -0.15) is 0 Å². The number of piperidine rings is 1. The number of amides is 1. The number of carbonyl (C=O) groups excluding carboxylic acids is 1. The molecule has 1 saturated heterocycles. The van der Waals surface area contributed by atoms with Gasteiger partial charge in [0, 0.05) is 49.9 Å². The summed E-state index contributed by atoms with van der Waals surface area (Å²) in [6, 6.07) is 9.44. The molecule has 0 spiro atoms. The molecule has 2 fully saturated rings. The number of hydrogen-bond donors (Lipinski definition) is 0. The summed E-state index contributed by atoms with van der Waals surface area (Å²) in [5, 5.41) is 0. The lowest BCUT2D eigenvalue weighted by molar-refractivity contribution is -0.139. The molecule has 6 nitrogen and oxygen atoms in total. The number of likely N-dealkylation sites (tertiary alicyclic amines) is 1. The third-order valence-corrected chi connectivity index (χ3v) is 6.25. The van der Waals surface area contributed by atoms with Crippen LogP contribution in [0.25, 0.3) is 0 Å². The fourth-order valence-corrected chi connectivity index (χ4v) is 4.40. The van der Waals surface area contributed by atoms with Crippen LogP contribution in [-0.2, 0) is 4.79 Å². The van der Waals surface area contributed by atoms with E-state index in [1.165, 1.54) is 13.3 Å². The maximum absolute atomic E-state index is 13.2. The van der Waals surface area contributed by atoms with Gasteiger partial charge in [0.25, 0.3) is 0 Å². The molecular formula is C24H30FN3O3. The summed E-state index contributed by atoms with van der Waals surface area (Å²) in [5.74, 6) is 1.77. The van der Waals surface area contributed by atoms with Gasteiger partial charge in [0.1, 0.15) is 17.2 Å². The second kappa shape index (κ2) is 9.54. The molecule has 0 N–H and O–H groups in total. The Kier molecular flexibility index (Phi) is 6.59. The van der Waals surface area contributed by atoms with Crippen LogP contribution in [-0.4, -0.2) is 48.4 Å². The molecule has 0 radical (unpaired) electrons. The number of hydrogen-bond acceptors (Lipinski definition) is 5. The zero-order chi connectivity index (χ0) is 21.8. The summed E-state index contributed by atoms with van der Waals surface area (Å²) in [7, 11) is 1.65. The normalized spacial score (nSPS) is 18.2. The Hall–Kier alpha value is -2.83. The molecule has 1 aliphatic carbocycles. The summed E-state index contributed by atoms with van der Waals surface area (Å²) in [5.41, 5.74) is 1.83. The number of alkyl halides is 1. The van der Waals surface area contributed by atoms with E-state index in [2.05, 4.69) is 9.88 Å². The first-order valence-corrected chi connectivity index (χ1v) is 11.0. The van der Waals surface area contributed by atoms with Crippen molar-refractivity contribution >= 4 is 17.3 Å². The Morgan fingerprint density at radius 1 is 1.16 bits per heavy atom. The van der Waals surface area contributed by atoms with Gasteiger partial charge in [-0.05, 0) is 49.9 Å². The van der Waals surface area contributed by atoms with E-state index in [9.17, 15) is 9.18 Å². The smallest absolute Gasteiger partial charge is 0.235 e. The number of ether oxygens (including phenoxy) is 2. The molecule has 2 aliphatic rings. The number of nitrogens with zero attached hydrogens (tertiary/aromatic N) is 3. The second-order valence-corrected chi connectivity index (χ2v) is 8.26. The van der Waals surface area contributed by atoms with Crippen LogP contribution in [0.2, 0.25) is 0 Å². The van der Waals surface area contributed by atoms with E-state index in [0.717, 1.165) is 55.9 Å². The second-order valence-electron chi connectivity index (χ2n) is 8.26. The molecule has 0 bridgehead atoms. The monoisotopic (exact) mass is 427 g/mol. The highest BCUT2D eigenvalue weighted by molar-refractivity contribution is 5.79. The van der Waals surface area contributed by atoms with Crippen molar-refractivity contribution in [3.63, 3.8) is 0 Å². The summed E-state index contributed by atoms with van der Waals surface area (Å²) < 4.78 is 24.0. The Bertz CT molecular complexity index is 878. The zero-order valence-corrected chi connectivity index (χ0v) is 18.2. The highest BCUT2D eigenvalue weighted by Gasteiger charge is 2.34. The van der Waals surface area contributed by atoms with E-state index < -0.39 is 6.36 Å². The summed E-state index contributed by atoms with van der Waals surface area (Å²) in [6.45, 7) is 2.86. The molecule has 2 aromatic rings. The lowest BCUT2D eigenvalue weighted by Crippen LogP contribution is -2.48. The van der Waals surface area contributed by atoms with Crippen LogP contribution in [0.3, 0.4) is 0 Å². The topological polar surface area (TPSA) is 54.9 Å². The summed E-state index contributed by atoms with van der Waals surface area (Å²) in [6.07, 6.45) is 7.10. The van der Waals surface area contributed by atoms with Crippen LogP contribution in [0.4, 0.5) is 15.8 Å². The summed E-state index contributed by atoms with van der Waals surface area (Å²) in [4.78, 5) is 21.2. The third-order valence-electron chi connectivity index (χ3n) is 6.25. The maximum Gasteiger partial charge on any atom is 0.235 e. The van der Waals surface area contributed by atoms with Crippen molar-refractivity contribution in [2.75, 3.05) is 25.1 Å². The molecule has 1 aromatic heterocycles. The first kappa shape index (κ1) is 21.4. The average molecular weight is 428 g/mol. The number of carbonyl (C=O) groups is 1. The van der Waals surface area contributed by atoms with Crippen LogP contribution >= 0.6 is 0 Å². The van der Waals surface area contributed by atoms with E-state index in [-0.39, 0.29) is 12.0 Å². The van der Waals surface area contributed by atoms with Gasteiger partial charge < -0.3 is 19.3 Å². The molecule has 1 atom stereocenters. The Morgan fingerprint density at radius 3 is 2.45 bits per heavy atom. The van der Waals surface area contributed by atoms with Crippen LogP contribution in [0.1, 0.15) is 39.0 Å². The molecule has 1 unspecified atom stereocenters. The van der Waals surface area contributed by atoms with Crippen molar-refractivity contribution in [3.8, 4) is 11.5 Å². The first-order chi connectivity index (χ1) is 15.1. The van der Waals surface area contributed by atoms with E-state index in [1.807, 2.05) is 23.1 Å². The molecule has 1 saturated carbocycles. The van der Waals surface area contributed by atoms with E-state index in [4.69, 9.17) is 9.47 Å². The Balaban J connectivity index is 1.57. The van der Waals surface area contributed by atoms with Crippen molar-refractivity contribution in [2.24, 2.45) is 5.92 Å². The van der Waals surface area contributed by atoms with E-state index in [1.54, 1.807) is 31.6 Å². The minimum absolute atomic E-state index is 0.190. The fraction of sp³-hybridized carbons (Fsp3) is 0.500. The molecule has 1 aliphatic heterocycles. The molecule has 1 amide bonds. The average Bonchev–Trinajstić information content (AvgIpc) is 2.74. The predicted molar refractivity (Wildman–Crippen MR) is 118 cm³/mol. The number of benzene rings is 1. The molecule has 2 heterocycles. The van der Waals surface area contributed by atoms with Crippen molar-refractivity contribution < 1.29 is 18.7 Å². The van der Waals surface area contributed by atoms with Gasteiger partial charge in [0.2, 0.25) is 12.3 Å². The van der Waals surface area contributed by atoms with Gasteiger partial charge in [0.15, 0.2) is 0 Å². The molecule has 166 valence electrons. The van der Waals surface area contributed by atoms with Crippen LogP contribution in [0.5, 0.6) is 11.5 Å². The van der Waals surface area contributed by atoms with Crippen molar-refractivity contribution in [3.05, 3.63) is 42.7 Å². The quantitative estimate of drug-likeness (QED) is 0.640. The number of pyridine rings is 1. The van der Waals surface area contributed by atoms with Crippen molar-refractivity contribution in [1.82, 2.24) is 9.88 Å². The van der Waals surface area contributed by atoms with E-state index in [0.29, 0.717) is 11.7 Å². The number of anilines is 2. The predicted octanol–water partition coefficient (Wildman–Crippen LogP) is 4.71. The third kappa shape index (κ3) is 4.75. The summed E-state index contributed by atoms with van der Waals surface area (Å²) >= 11 is 0. The van der Waals surface area contributed by atoms with Gasteiger partial charge >= 0.3 is 0 Å². The Morgan fingerprint density at radius 2 is 1.87 bits per heavy atom. The van der Waals surface area contributed by atoms with Crippen molar-refractivity contribution in [1.29, 1.82) is 0 Å². The number of rotatable bonds is 7. The number of aromatic nitrogens is 1. The standard InChI is InChI=1S/C24H30FN3O3/c1-17(25)31-21-8-6-19(7-9-21)28(22-16-26-13-10-23(22)30-2)20-11-14-27(15-12-20)24(29)18-4-3-5-18/h6-10,13,16-18,20H,3-5,11-12,14-15H2,1-2H3. The van der Waals surface area contributed by atoms with Crippen molar-refractivity contribution in [2.45, 2.75) is 51.4 Å². The van der Waals surface area contributed by atoms with Gasteiger partial charge in [0.05, 0.1) is 13.3 Å². The number of methoxy groups -OCH3 is 1. The van der Waals surface area contributed by atoms with Gasteiger partial charge in [-0.15, -0.1) is 0 Å². The SMILES string of the molecule is COc1ccncc1N(c1ccc(OC(C)F)cc1)C1CCN(C(=O)C2CCC2)CC1. The molecular weight excluding hydrogens is 397 g/mol. The van der Waals surface area contributed by atoms with E-state index >= 15 is 0 Å². The molecule has 7 heteroatoms. The first-order valence-electron chi connectivity index (χ1n) is 11.0. The lowest BCUT2D eigenvalue weighted by atomic mass is 9.84. The van der Waals surface area contributed by atoms with Gasteiger partial charge in [-0.3, -0.25) is 9.78 Å². The minimum atomic E-state index is -1.36. The Labute approximate surface area is 183 Å². The zero-order valence-electron chi connectivity index (χ0n) is 18.2. The highest BCUT2D eigenvalue weighted by Crippen LogP contribution is 2.38. The van der Waals surface area contributed by atoms with Gasteiger partial charge in [-0.25, -0.2) is 4.39 Å². The van der Waals surface area contributed by atoms with Gasteiger partial charge in [-0.1, -0.05) is 6.42 Å². The molecule has 31 heavy (non-hydrogen) atoms.